The molecule has 1 rings (SSSR count). The average Bonchev–Trinajstić information content (AvgIpc) is 2.23. The number of nitrogens with one attached hydrogen (secondary N) is 1. The van der Waals surface area contributed by atoms with Gasteiger partial charge in [-0.25, -0.2) is 4.39 Å². The van der Waals surface area contributed by atoms with E-state index in [-0.39, 0.29) is 5.82 Å². The Morgan fingerprint density at radius 2 is 2.31 bits per heavy atom. The lowest BCUT2D eigenvalue weighted by atomic mass is 10.1. The Hall–Kier alpha value is -0.860. The van der Waals surface area contributed by atoms with E-state index in [0.29, 0.717) is 17.6 Å². The zero-order chi connectivity index (χ0) is 12.0. The van der Waals surface area contributed by atoms with Crippen LogP contribution in [0.2, 0.25) is 0 Å². The molecule has 16 heavy (non-hydrogen) atoms. The minimum Gasteiger partial charge on any atom is -0.309 e. The summed E-state index contributed by atoms with van der Waals surface area (Å²) in [4.78, 5) is 0. The van der Waals surface area contributed by atoms with Crippen LogP contribution in [0.5, 0.6) is 0 Å². The molecule has 0 aliphatic carbocycles. The van der Waals surface area contributed by atoms with E-state index < -0.39 is 0 Å². The summed E-state index contributed by atoms with van der Waals surface area (Å²) in [5, 5.41) is 3.85. The van der Waals surface area contributed by atoms with Gasteiger partial charge in [-0.1, -0.05) is 30.3 Å². The van der Waals surface area contributed by atoms with Gasteiger partial charge in [-0.3, -0.25) is 0 Å². The van der Waals surface area contributed by atoms with Crippen LogP contribution in [0.3, 0.4) is 0 Å². The highest BCUT2D eigenvalue weighted by Crippen LogP contribution is 2.08. The second-order valence-electron chi connectivity index (χ2n) is 3.97. The lowest BCUT2D eigenvalue weighted by Gasteiger charge is -2.13. The fourth-order valence-electron chi connectivity index (χ4n) is 1.46. The van der Waals surface area contributed by atoms with Gasteiger partial charge in [0, 0.05) is 17.6 Å². The molecule has 1 nitrogen and oxygen atoms in total. The highest BCUT2D eigenvalue weighted by molar-refractivity contribution is 6.29. The molecule has 88 valence electrons. The van der Waals surface area contributed by atoms with Gasteiger partial charge in [0.15, 0.2) is 0 Å². The Balaban J connectivity index is 2.31. The SMILES string of the molecule is C=C(Cl)CNC(C)CCc1cccc(F)c1. The van der Waals surface area contributed by atoms with Crippen LogP contribution in [-0.2, 0) is 6.42 Å². The third-order valence-corrected chi connectivity index (χ3v) is 2.53. The van der Waals surface area contributed by atoms with Crippen LogP contribution < -0.4 is 5.32 Å². The zero-order valence-electron chi connectivity index (χ0n) is 9.47. The van der Waals surface area contributed by atoms with Gasteiger partial charge < -0.3 is 5.32 Å². The van der Waals surface area contributed by atoms with Gasteiger partial charge in [0.1, 0.15) is 5.82 Å². The van der Waals surface area contributed by atoms with Crippen molar-refractivity contribution in [2.45, 2.75) is 25.8 Å². The molecular weight excluding hydrogens is 225 g/mol. The van der Waals surface area contributed by atoms with Crippen LogP contribution in [0.25, 0.3) is 0 Å². The summed E-state index contributed by atoms with van der Waals surface area (Å²) in [7, 11) is 0. The van der Waals surface area contributed by atoms with Crippen molar-refractivity contribution in [3.8, 4) is 0 Å². The van der Waals surface area contributed by atoms with E-state index in [0.717, 1.165) is 18.4 Å². The lowest BCUT2D eigenvalue weighted by molar-refractivity contribution is 0.539. The molecule has 0 saturated heterocycles. The average molecular weight is 242 g/mol. The maximum absolute atomic E-state index is 12.9. The van der Waals surface area contributed by atoms with E-state index >= 15 is 0 Å². The molecule has 0 heterocycles. The first-order valence-corrected chi connectivity index (χ1v) is 5.77. The summed E-state index contributed by atoms with van der Waals surface area (Å²) in [6, 6.07) is 7.06. The molecule has 0 amide bonds. The van der Waals surface area contributed by atoms with Gasteiger partial charge in [0.25, 0.3) is 0 Å². The summed E-state index contributed by atoms with van der Waals surface area (Å²) in [5.74, 6) is -0.174. The Bertz CT molecular complexity index is 352. The number of hydrogen-bond donors (Lipinski definition) is 1. The van der Waals surface area contributed by atoms with Crippen molar-refractivity contribution in [1.29, 1.82) is 0 Å². The summed E-state index contributed by atoms with van der Waals surface area (Å²) < 4.78 is 12.9. The van der Waals surface area contributed by atoms with E-state index in [1.807, 2.05) is 6.07 Å². The molecule has 1 aromatic carbocycles. The molecule has 0 aliphatic heterocycles. The molecule has 1 N–H and O–H groups in total. The van der Waals surface area contributed by atoms with Crippen molar-refractivity contribution in [3.05, 3.63) is 47.3 Å². The zero-order valence-corrected chi connectivity index (χ0v) is 10.2. The first-order valence-electron chi connectivity index (χ1n) is 5.39. The largest absolute Gasteiger partial charge is 0.309 e. The van der Waals surface area contributed by atoms with E-state index in [9.17, 15) is 4.39 Å². The summed E-state index contributed by atoms with van der Waals surface area (Å²) in [6.45, 7) is 6.31. The number of benzene rings is 1. The maximum Gasteiger partial charge on any atom is 0.123 e. The van der Waals surface area contributed by atoms with E-state index in [1.165, 1.54) is 6.07 Å². The van der Waals surface area contributed by atoms with Crippen molar-refractivity contribution in [2.75, 3.05) is 6.54 Å². The predicted octanol–water partition coefficient (Wildman–Crippen LogP) is 3.49. The Labute approximate surface area is 101 Å². The fourth-order valence-corrected chi connectivity index (χ4v) is 1.54. The number of halogens is 2. The van der Waals surface area contributed by atoms with Crippen LogP contribution >= 0.6 is 11.6 Å². The fraction of sp³-hybridized carbons (Fsp3) is 0.385. The van der Waals surface area contributed by atoms with Crippen molar-refractivity contribution in [3.63, 3.8) is 0 Å². The first-order chi connectivity index (χ1) is 7.58. The van der Waals surface area contributed by atoms with E-state index in [2.05, 4.69) is 18.8 Å². The minimum absolute atomic E-state index is 0.174. The Morgan fingerprint density at radius 3 is 2.94 bits per heavy atom. The lowest BCUT2D eigenvalue weighted by Crippen LogP contribution is -2.27. The third-order valence-electron chi connectivity index (χ3n) is 2.40. The van der Waals surface area contributed by atoms with Crippen LogP contribution in [0.15, 0.2) is 35.9 Å². The van der Waals surface area contributed by atoms with E-state index in [4.69, 9.17) is 11.6 Å². The van der Waals surface area contributed by atoms with Crippen molar-refractivity contribution in [2.24, 2.45) is 0 Å². The smallest absolute Gasteiger partial charge is 0.123 e. The van der Waals surface area contributed by atoms with Gasteiger partial charge in [-0.2, -0.15) is 0 Å². The first kappa shape index (κ1) is 13.2. The summed E-state index contributed by atoms with van der Waals surface area (Å²) in [6.07, 6.45) is 1.81. The van der Waals surface area contributed by atoms with Crippen molar-refractivity contribution < 1.29 is 4.39 Å². The minimum atomic E-state index is -0.174. The quantitative estimate of drug-likeness (QED) is 0.804. The van der Waals surface area contributed by atoms with Crippen LogP contribution in [0.1, 0.15) is 18.9 Å². The van der Waals surface area contributed by atoms with Crippen LogP contribution in [0.4, 0.5) is 4.39 Å². The second-order valence-corrected chi connectivity index (χ2v) is 4.50. The number of rotatable bonds is 6. The molecule has 0 radical (unpaired) electrons. The molecule has 0 bridgehead atoms. The van der Waals surface area contributed by atoms with Crippen LogP contribution in [0, 0.1) is 5.82 Å². The molecular formula is C13H17ClFN. The van der Waals surface area contributed by atoms with Gasteiger partial charge in [-0.15, -0.1) is 0 Å². The molecule has 3 heteroatoms. The maximum atomic E-state index is 12.9. The van der Waals surface area contributed by atoms with Gasteiger partial charge >= 0.3 is 0 Å². The standard InChI is InChI=1S/C13H17ClFN/c1-10(14)9-16-11(2)6-7-12-4-3-5-13(15)8-12/h3-5,8,11,16H,1,6-7,9H2,2H3. The topological polar surface area (TPSA) is 12.0 Å². The van der Waals surface area contributed by atoms with Crippen LogP contribution in [-0.4, -0.2) is 12.6 Å². The van der Waals surface area contributed by atoms with Crippen molar-refractivity contribution >= 4 is 11.6 Å². The van der Waals surface area contributed by atoms with Gasteiger partial charge in [0.2, 0.25) is 0 Å². The molecule has 0 aliphatic rings. The van der Waals surface area contributed by atoms with Gasteiger partial charge in [0.05, 0.1) is 0 Å². The molecule has 0 saturated carbocycles. The van der Waals surface area contributed by atoms with Crippen molar-refractivity contribution in [1.82, 2.24) is 5.32 Å². The highest BCUT2D eigenvalue weighted by Gasteiger charge is 2.02. The number of hydrogen-bond acceptors (Lipinski definition) is 1. The monoisotopic (exact) mass is 241 g/mol. The Morgan fingerprint density at radius 1 is 1.56 bits per heavy atom. The normalized spacial score (nSPS) is 12.4. The predicted molar refractivity (Wildman–Crippen MR) is 67.2 cm³/mol. The second kappa shape index (κ2) is 6.66. The molecule has 0 fully saturated rings. The highest BCUT2D eigenvalue weighted by atomic mass is 35.5. The number of aryl methyl sites for hydroxylation is 1. The molecule has 1 atom stereocenters. The molecule has 1 aromatic rings. The molecule has 1 unspecified atom stereocenters. The Kier molecular flexibility index (Phi) is 5.50. The summed E-state index contributed by atoms with van der Waals surface area (Å²) in [5.41, 5.74) is 1.03. The molecule has 0 aromatic heterocycles. The van der Waals surface area contributed by atoms with Gasteiger partial charge in [-0.05, 0) is 37.5 Å². The van der Waals surface area contributed by atoms with E-state index in [1.54, 1.807) is 12.1 Å². The third kappa shape index (κ3) is 5.29. The summed E-state index contributed by atoms with van der Waals surface area (Å²) >= 11 is 5.65. The molecule has 0 spiro atoms.